The van der Waals surface area contributed by atoms with E-state index in [1.807, 2.05) is 19.6 Å². The van der Waals surface area contributed by atoms with Gasteiger partial charge in [-0.1, -0.05) is 25.6 Å². The lowest BCUT2D eigenvalue weighted by atomic mass is 10.2. The van der Waals surface area contributed by atoms with Gasteiger partial charge in [-0.15, -0.1) is 18.7 Å². The molecule has 0 aliphatic heterocycles. The van der Waals surface area contributed by atoms with Crippen LogP contribution in [-0.4, -0.2) is 14.4 Å². The smallest absolute Gasteiger partial charge is 0.403 e. The summed E-state index contributed by atoms with van der Waals surface area (Å²) in [5, 5.41) is 0. The number of hydrogen-bond acceptors (Lipinski definition) is 2. The highest BCUT2D eigenvalue weighted by Crippen LogP contribution is 2.29. The lowest BCUT2D eigenvalue weighted by molar-refractivity contribution is -0.275. The van der Waals surface area contributed by atoms with Crippen molar-refractivity contribution < 1.29 is 22.3 Å². The number of nitrogen functional groups attached to an aromatic ring is 1. The fourth-order valence-corrected chi connectivity index (χ4v) is 1.64. The van der Waals surface area contributed by atoms with E-state index < -0.39 is 26.0 Å². The molecule has 0 aliphatic carbocycles. The zero-order valence-corrected chi connectivity index (χ0v) is 11.7. The highest BCUT2D eigenvalue weighted by Gasteiger charge is 2.32. The Kier molecular flexibility index (Phi) is 4.15. The van der Waals surface area contributed by atoms with E-state index in [1.54, 1.807) is 0 Å². The van der Waals surface area contributed by atoms with Crippen LogP contribution >= 0.6 is 0 Å². The standard InChI is InChI=1S/C12H13F4NOSi/c1-19(2,3)5-4-8-6-11(18-12(14,15)16)9(13)7-10(8)17/h6-7H,17H2,1-3H3. The first-order chi connectivity index (χ1) is 8.48. The van der Waals surface area contributed by atoms with Crippen LogP contribution < -0.4 is 10.5 Å². The average Bonchev–Trinajstić information content (AvgIpc) is 2.17. The van der Waals surface area contributed by atoms with Gasteiger partial charge in [0.15, 0.2) is 11.6 Å². The van der Waals surface area contributed by atoms with Crippen LogP contribution in [0.4, 0.5) is 23.2 Å². The number of nitrogens with two attached hydrogens (primary N) is 1. The summed E-state index contributed by atoms with van der Waals surface area (Å²) < 4.78 is 53.1. The van der Waals surface area contributed by atoms with Crippen LogP contribution in [0.25, 0.3) is 0 Å². The summed E-state index contributed by atoms with van der Waals surface area (Å²) in [4.78, 5) is 0. The molecule has 7 heteroatoms. The van der Waals surface area contributed by atoms with Crippen LogP contribution in [0.15, 0.2) is 12.1 Å². The third-order valence-corrected chi connectivity index (χ3v) is 2.78. The molecule has 1 rings (SSSR count). The van der Waals surface area contributed by atoms with E-state index in [-0.39, 0.29) is 11.3 Å². The maximum absolute atomic E-state index is 13.3. The first-order valence-corrected chi connectivity index (χ1v) is 8.86. The Balaban J connectivity index is 3.20. The van der Waals surface area contributed by atoms with Crippen LogP contribution in [0.2, 0.25) is 19.6 Å². The summed E-state index contributed by atoms with van der Waals surface area (Å²) in [6.45, 7) is 5.90. The van der Waals surface area contributed by atoms with Gasteiger partial charge in [0, 0.05) is 12.1 Å². The topological polar surface area (TPSA) is 35.2 Å². The molecule has 1 aromatic rings. The van der Waals surface area contributed by atoms with Crippen LogP contribution in [0, 0.1) is 17.3 Å². The summed E-state index contributed by atoms with van der Waals surface area (Å²) in [7, 11) is -1.71. The highest BCUT2D eigenvalue weighted by atomic mass is 28.3. The fourth-order valence-electron chi connectivity index (χ4n) is 1.13. The summed E-state index contributed by atoms with van der Waals surface area (Å²) in [6.07, 6.45) is -4.96. The predicted molar refractivity (Wildman–Crippen MR) is 67.7 cm³/mol. The highest BCUT2D eigenvalue weighted by molar-refractivity contribution is 6.83. The molecule has 0 aliphatic rings. The molecule has 0 unspecified atom stereocenters. The lowest BCUT2D eigenvalue weighted by Crippen LogP contribution is -2.18. The van der Waals surface area contributed by atoms with Gasteiger partial charge in [0.2, 0.25) is 0 Å². The van der Waals surface area contributed by atoms with Crippen LogP contribution in [-0.2, 0) is 0 Å². The SMILES string of the molecule is C[Si](C)(C)C#Cc1cc(OC(F)(F)F)c(F)cc1N. The van der Waals surface area contributed by atoms with Crippen molar-refractivity contribution in [3.8, 4) is 17.2 Å². The number of ether oxygens (including phenoxy) is 1. The molecule has 0 fully saturated rings. The molecule has 19 heavy (non-hydrogen) atoms. The van der Waals surface area contributed by atoms with Crippen LogP contribution in [0.3, 0.4) is 0 Å². The summed E-state index contributed by atoms with van der Waals surface area (Å²) in [6, 6.07) is 1.64. The molecule has 0 amide bonds. The van der Waals surface area contributed by atoms with Gasteiger partial charge in [-0.25, -0.2) is 4.39 Å². The molecule has 0 spiro atoms. The second kappa shape index (κ2) is 5.13. The molecular weight excluding hydrogens is 278 g/mol. The Labute approximate surface area is 109 Å². The van der Waals surface area contributed by atoms with Crippen molar-refractivity contribution in [1.29, 1.82) is 0 Å². The Morgan fingerprint density at radius 2 is 1.79 bits per heavy atom. The van der Waals surface area contributed by atoms with Crippen molar-refractivity contribution >= 4 is 13.8 Å². The minimum atomic E-state index is -4.96. The molecule has 104 valence electrons. The van der Waals surface area contributed by atoms with E-state index in [0.29, 0.717) is 0 Å². The lowest BCUT2D eigenvalue weighted by Gasteiger charge is -2.11. The first kappa shape index (κ1) is 15.4. The normalized spacial score (nSPS) is 11.7. The van der Waals surface area contributed by atoms with Gasteiger partial charge < -0.3 is 10.5 Å². The van der Waals surface area contributed by atoms with Gasteiger partial charge >= 0.3 is 6.36 Å². The van der Waals surface area contributed by atoms with E-state index in [1.165, 1.54) is 0 Å². The summed E-state index contributed by atoms with van der Waals surface area (Å²) in [5.41, 5.74) is 8.57. The Morgan fingerprint density at radius 3 is 2.26 bits per heavy atom. The molecule has 0 aromatic heterocycles. The second-order valence-electron chi connectivity index (χ2n) is 4.92. The van der Waals surface area contributed by atoms with Gasteiger partial charge in [-0.2, -0.15) is 0 Å². The number of hydrogen-bond donors (Lipinski definition) is 1. The van der Waals surface area contributed by atoms with Crippen molar-refractivity contribution in [2.45, 2.75) is 26.0 Å². The molecular formula is C12H13F4NOSi. The quantitative estimate of drug-likeness (QED) is 0.372. The third-order valence-electron chi connectivity index (χ3n) is 1.90. The number of benzene rings is 1. The van der Waals surface area contributed by atoms with Gasteiger partial charge in [0.1, 0.15) is 8.07 Å². The zero-order chi connectivity index (χ0) is 14.8. The molecule has 0 saturated carbocycles. The van der Waals surface area contributed by atoms with Crippen molar-refractivity contribution in [2.24, 2.45) is 0 Å². The van der Waals surface area contributed by atoms with Crippen molar-refractivity contribution in [2.75, 3.05) is 5.73 Å². The van der Waals surface area contributed by atoms with E-state index in [9.17, 15) is 17.6 Å². The van der Waals surface area contributed by atoms with Gasteiger partial charge in [-0.05, 0) is 0 Å². The molecule has 0 saturated heterocycles. The number of anilines is 1. The van der Waals surface area contributed by atoms with Crippen molar-refractivity contribution in [3.05, 3.63) is 23.5 Å². The fraction of sp³-hybridized carbons (Fsp3) is 0.333. The minimum absolute atomic E-state index is 0.0159. The van der Waals surface area contributed by atoms with Gasteiger partial charge in [0.05, 0.1) is 11.3 Å². The van der Waals surface area contributed by atoms with Crippen LogP contribution in [0.1, 0.15) is 5.56 Å². The zero-order valence-electron chi connectivity index (χ0n) is 10.7. The maximum Gasteiger partial charge on any atom is 0.573 e. The third kappa shape index (κ3) is 5.22. The summed E-state index contributed by atoms with van der Waals surface area (Å²) in [5.74, 6) is 0.577. The van der Waals surface area contributed by atoms with Gasteiger partial charge in [0.25, 0.3) is 0 Å². The Bertz CT molecular complexity index is 538. The molecule has 0 radical (unpaired) electrons. The molecule has 0 bridgehead atoms. The van der Waals surface area contributed by atoms with E-state index in [2.05, 4.69) is 16.2 Å². The second-order valence-corrected chi connectivity index (χ2v) is 9.67. The molecule has 2 nitrogen and oxygen atoms in total. The Morgan fingerprint density at radius 1 is 1.21 bits per heavy atom. The number of alkyl halides is 3. The van der Waals surface area contributed by atoms with Gasteiger partial charge in [-0.3, -0.25) is 0 Å². The van der Waals surface area contributed by atoms with Crippen LogP contribution in [0.5, 0.6) is 5.75 Å². The maximum atomic E-state index is 13.3. The molecule has 0 heterocycles. The Hall–Kier alpha value is -1.68. The van der Waals surface area contributed by atoms with E-state index in [0.717, 1.165) is 12.1 Å². The molecule has 2 N–H and O–H groups in total. The summed E-state index contributed by atoms with van der Waals surface area (Å²) >= 11 is 0. The average molecular weight is 291 g/mol. The number of halogens is 4. The van der Waals surface area contributed by atoms with E-state index >= 15 is 0 Å². The number of rotatable bonds is 1. The molecule has 0 atom stereocenters. The van der Waals surface area contributed by atoms with Crippen molar-refractivity contribution in [1.82, 2.24) is 0 Å². The first-order valence-electron chi connectivity index (χ1n) is 5.36. The van der Waals surface area contributed by atoms with E-state index in [4.69, 9.17) is 5.73 Å². The molecule has 1 aromatic carbocycles. The monoisotopic (exact) mass is 291 g/mol. The predicted octanol–water partition coefficient (Wildman–Crippen LogP) is 3.54. The van der Waals surface area contributed by atoms with Crippen molar-refractivity contribution in [3.63, 3.8) is 0 Å². The minimum Gasteiger partial charge on any atom is -0.403 e. The largest absolute Gasteiger partial charge is 0.573 e.